The molecular formula is C20H23NO4. The molecule has 0 aliphatic carbocycles. The maximum atomic E-state index is 12.8. The van der Waals surface area contributed by atoms with Crippen molar-refractivity contribution in [2.24, 2.45) is 0 Å². The quantitative estimate of drug-likeness (QED) is 0.908. The number of ether oxygens (including phenoxy) is 2. The van der Waals surface area contributed by atoms with E-state index in [4.69, 9.17) is 9.47 Å². The molecule has 1 amide bonds. The number of carbonyl (C=O) groups is 1. The van der Waals surface area contributed by atoms with Gasteiger partial charge in [-0.25, -0.2) is 0 Å². The molecule has 0 spiro atoms. The Bertz CT molecular complexity index is 742. The van der Waals surface area contributed by atoms with Gasteiger partial charge in [-0.3, -0.25) is 4.79 Å². The smallest absolute Gasteiger partial charge is 0.231 e. The molecular weight excluding hydrogens is 318 g/mol. The second-order valence-electron chi connectivity index (χ2n) is 6.03. The number of hydrogen-bond donors (Lipinski definition) is 1. The molecule has 25 heavy (non-hydrogen) atoms. The second-order valence-corrected chi connectivity index (χ2v) is 6.03. The lowest BCUT2D eigenvalue weighted by Crippen LogP contribution is -2.37. The van der Waals surface area contributed by atoms with E-state index in [1.807, 2.05) is 49.4 Å². The molecule has 0 bridgehead atoms. The van der Waals surface area contributed by atoms with Crippen molar-refractivity contribution in [3.63, 3.8) is 0 Å². The van der Waals surface area contributed by atoms with Gasteiger partial charge in [-0.05, 0) is 37.1 Å². The minimum Gasteiger partial charge on any atom is -0.497 e. The molecule has 1 heterocycles. The first-order chi connectivity index (χ1) is 12.1. The van der Waals surface area contributed by atoms with Crippen LogP contribution in [0.15, 0.2) is 42.5 Å². The maximum Gasteiger partial charge on any atom is 0.231 e. The van der Waals surface area contributed by atoms with Gasteiger partial charge in [-0.1, -0.05) is 18.2 Å². The first-order valence-corrected chi connectivity index (χ1v) is 8.50. The van der Waals surface area contributed by atoms with Crippen molar-refractivity contribution in [2.45, 2.75) is 25.9 Å². The maximum absolute atomic E-state index is 12.8. The van der Waals surface area contributed by atoms with Gasteiger partial charge in [0.15, 0.2) is 0 Å². The predicted molar refractivity (Wildman–Crippen MR) is 96.2 cm³/mol. The van der Waals surface area contributed by atoms with Crippen LogP contribution in [0, 0.1) is 0 Å². The number of anilines is 1. The average Bonchev–Trinajstić information content (AvgIpc) is 2.63. The van der Waals surface area contributed by atoms with E-state index in [0.29, 0.717) is 31.7 Å². The lowest BCUT2D eigenvalue weighted by atomic mass is 9.97. The fourth-order valence-electron chi connectivity index (χ4n) is 3.09. The summed E-state index contributed by atoms with van der Waals surface area (Å²) in [6.45, 7) is 3.05. The van der Waals surface area contributed by atoms with Crippen molar-refractivity contribution in [3.8, 4) is 11.5 Å². The van der Waals surface area contributed by atoms with Crippen LogP contribution in [0.3, 0.4) is 0 Å². The van der Waals surface area contributed by atoms with Gasteiger partial charge in [-0.2, -0.15) is 0 Å². The number of fused-ring (bicyclic) bond motifs is 1. The standard InChI is InChI=1S/C20H23NO4/c1-3-25-15-6-4-14(5-7-15)12-20(23)21-11-10-19(22)17-9-8-16(24-2)13-18(17)21/h4-9,13,19,22H,3,10-12H2,1-2H3. The topological polar surface area (TPSA) is 59.0 Å². The predicted octanol–water partition coefficient (Wildman–Crippen LogP) is 3.11. The van der Waals surface area contributed by atoms with Crippen LogP contribution in [0.1, 0.15) is 30.6 Å². The third-order valence-corrected chi connectivity index (χ3v) is 4.40. The summed E-state index contributed by atoms with van der Waals surface area (Å²) in [5.41, 5.74) is 2.44. The number of aliphatic hydroxyl groups excluding tert-OH is 1. The van der Waals surface area contributed by atoms with Crippen molar-refractivity contribution in [1.82, 2.24) is 0 Å². The van der Waals surface area contributed by atoms with Crippen molar-refractivity contribution < 1.29 is 19.4 Å². The van der Waals surface area contributed by atoms with Crippen molar-refractivity contribution >= 4 is 11.6 Å². The van der Waals surface area contributed by atoms with Gasteiger partial charge in [0.2, 0.25) is 5.91 Å². The molecule has 0 saturated heterocycles. The van der Waals surface area contributed by atoms with E-state index in [2.05, 4.69) is 0 Å². The molecule has 0 fully saturated rings. The van der Waals surface area contributed by atoms with Gasteiger partial charge < -0.3 is 19.5 Å². The van der Waals surface area contributed by atoms with Crippen LogP contribution in [0.4, 0.5) is 5.69 Å². The highest BCUT2D eigenvalue weighted by Gasteiger charge is 2.28. The Hall–Kier alpha value is -2.53. The fourth-order valence-corrected chi connectivity index (χ4v) is 3.09. The fraction of sp³-hybridized carbons (Fsp3) is 0.350. The highest BCUT2D eigenvalue weighted by molar-refractivity contribution is 5.96. The third kappa shape index (κ3) is 3.77. The number of benzene rings is 2. The molecule has 0 radical (unpaired) electrons. The van der Waals surface area contributed by atoms with Crippen LogP contribution in [-0.2, 0) is 11.2 Å². The molecule has 2 aromatic rings. The molecule has 1 unspecified atom stereocenters. The summed E-state index contributed by atoms with van der Waals surface area (Å²) in [7, 11) is 1.59. The molecule has 1 atom stereocenters. The summed E-state index contributed by atoms with van der Waals surface area (Å²) in [6, 6.07) is 13.0. The van der Waals surface area contributed by atoms with E-state index >= 15 is 0 Å². The van der Waals surface area contributed by atoms with Crippen LogP contribution >= 0.6 is 0 Å². The number of amides is 1. The van der Waals surface area contributed by atoms with E-state index in [0.717, 1.165) is 22.6 Å². The molecule has 5 heteroatoms. The van der Waals surface area contributed by atoms with Crippen LogP contribution in [0.25, 0.3) is 0 Å². The normalized spacial score (nSPS) is 16.3. The third-order valence-electron chi connectivity index (χ3n) is 4.40. The summed E-state index contributed by atoms with van der Waals surface area (Å²) in [6.07, 6.45) is 0.295. The first kappa shape index (κ1) is 17.3. The SMILES string of the molecule is CCOc1ccc(CC(=O)N2CCC(O)c3ccc(OC)cc32)cc1. The van der Waals surface area contributed by atoms with Gasteiger partial charge in [-0.15, -0.1) is 0 Å². The minimum absolute atomic E-state index is 0.00515. The molecule has 1 aliphatic rings. The van der Waals surface area contributed by atoms with E-state index in [9.17, 15) is 9.90 Å². The van der Waals surface area contributed by atoms with Gasteiger partial charge in [0.05, 0.1) is 31.9 Å². The summed E-state index contributed by atoms with van der Waals surface area (Å²) in [5.74, 6) is 1.48. The highest BCUT2D eigenvalue weighted by Crippen LogP contribution is 2.36. The molecule has 0 saturated carbocycles. The zero-order chi connectivity index (χ0) is 17.8. The zero-order valence-electron chi connectivity index (χ0n) is 14.6. The van der Waals surface area contributed by atoms with Crippen LogP contribution in [0.2, 0.25) is 0 Å². The molecule has 3 rings (SSSR count). The number of rotatable bonds is 5. The van der Waals surface area contributed by atoms with E-state index in [1.54, 1.807) is 12.0 Å². The van der Waals surface area contributed by atoms with Crippen LogP contribution < -0.4 is 14.4 Å². The average molecular weight is 341 g/mol. The van der Waals surface area contributed by atoms with Gasteiger partial charge in [0, 0.05) is 18.2 Å². The summed E-state index contributed by atoms with van der Waals surface area (Å²) in [5, 5.41) is 10.2. The lowest BCUT2D eigenvalue weighted by Gasteiger charge is -2.32. The number of aliphatic hydroxyl groups is 1. The van der Waals surface area contributed by atoms with Gasteiger partial charge in [0.25, 0.3) is 0 Å². The Kier molecular flexibility index (Phi) is 5.24. The number of methoxy groups -OCH3 is 1. The minimum atomic E-state index is -0.546. The van der Waals surface area contributed by atoms with Crippen LogP contribution in [-0.4, -0.2) is 31.3 Å². The lowest BCUT2D eigenvalue weighted by molar-refractivity contribution is -0.118. The molecule has 5 nitrogen and oxygen atoms in total. The zero-order valence-corrected chi connectivity index (χ0v) is 14.6. The Balaban J connectivity index is 1.79. The molecule has 0 aromatic heterocycles. The van der Waals surface area contributed by atoms with Gasteiger partial charge >= 0.3 is 0 Å². The largest absolute Gasteiger partial charge is 0.497 e. The first-order valence-electron chi connectivity index (χ1n) is 8.50. The van der Waals surface area contributed by atoms with Crippen molar-refractivity contribution in [2.75, 3.05) is 25.2 Å². The Morgan fingerprint density at radius 2 is 1.92 bits per heavy atom. The van der Waals surface area contributed by atoms with Crippen LogP contribution in [0.5, 0.6) is 11.5 Å². The van der Waals surface area contributed by atoms with E-state index in [1.165, 1.54) is 0 Å². The number of nitrogens with zero attached hydrogens (tertiary/aromatic N) is 1. The molecule has 2 aromatic carbocycles. The summed E-state index contributed by atoms with van der Waals surface area (Å²) in [4.78, 5) is 14.6. The molecule has 1 aliphatic heterocycles. The summed E-state index contributed by atoms with van der Waals surface area (Å²) < 4.78 is 10.7. The molecule has 1 N–H and O–H groups in total. The highest BCUT2D eigenvalue weighted by atomic mass is 16.5. The molecule has 132 valence electrons. The van der Waals surface area contributed by atoms with Crippen molar-refractivity contribution in [3.05, 3.63) is 53.6 Å². The number of carbonyl (C=O) groups excluding carboxylic acids is 1. The van der Waals surface area contributed by atoms with Gasteiger partial charge in [0.1, 0.15) is 11.5 Å². The van der Waals surface area contributed by atoms with E-state index in [-0.39, 0.29) is 5.91 Å². The Morgan fingerprint density at radius 1 is 1.20 bits per heavy atom. The number of hydrogen-bond acceptors (Lipinski definition) is 4. The Morgan fingerprint density at radius 3 is 2.60 bits per heavy atom. The second kappa shape index (κ2) is 7.57. The Labute approximate surface area is 147 Å². The van der Waals surface area contributed by atoms with Crippen molar-refractivity contribution in [1.29, 1.82) is 0 Å². The monoisotopic (exact) mass is 341 g/mol. The van der Waals surface area contributed by atoms with E-state index < -0.39 is 6.10 Å². The summed E-state index contributed by atoms with van der Waals surface area (Å²) >= 11 is 0.